The summed E-state index contributed by atoms with van der Waals surface area (Å²) in [6.45, 7) is 0. The summed E-state index contributed by atoms with van der Waals surface area (Å²) in [7, 11) is 1.34. The second-order valence-electron chi connectivity index (χ2n) is 0.408. The highest BCUT2D eigenvalue weighted by Crippen LogP contribution is 1.48. The van der Waals surface area contributed by atoms with E-state index in [-0.39, 0.29) is 0 Å². The fourth-order valence-corrected chi connectivity index (χ4v) is 0.0417. The lowest BCUT2D eigenvalue weighted by Crippen LogP contribution is -1.61. The third kappa shape index (κ3) is 3.25. The van der Waals surface area contributed by atoms with Crippen LogP contribution >= 0.6 is 0 Å². The summed E-state index contributed by atoms with van der Waals surface area (Å²) in [5, 5.41) is 0. The van der Waals surface area contributed by atoms with Gasteiger partial charge < -0.3 is 4.74 Å². The SMILES string of the molecule is CO[C]=C=O. The van der Waals surface area contributed by atoms with Gasteiger partial charge in [0.15, 0.2) is 5.94 Å². The molecule has 0 amide bonds. The number of ether oxygens (including phenoxy) is 1. The zero-order valence-electron chi connectivity index (χ0n) is 2.82. The molecule has 0 fully saturated rings. The Labute approximate surface area is 30.1 Å². The van der Waals surface area contributed by atoms with Crippen LogP contribution in [0.5, 0.6) is 0 Å². The largest absolute Gasteiger partial charge is 0.483 e. The van der Waals surface area contributed by atoms with Crippen LogP contribution in [0.15, 0.2) is 0 Å². The van der Waals surface area contributed by atoms with Crippen LogP contribution in [0.3, 0.4) is 0 Å². The Morgan fingerprint density at radius 2 is 2.40 bits per heavy atom. The van der Waals surface area contributed by atoms with Crippen molar-refractivity contribution in [2.45, 2.75) is 0 Å². The Hall–Kier alpha value is -0.750. The first-order valence-electron chi connectivity index (χ1n) is 1.07. The van der Waals surface area contributed by atoms with E-state index in [2.05, 4.69) is 4.74 Å². The van der Waals surface area contributed by atoms with Gasteiger partial charge in [-0.2, -0.15) is 0 Å². The second-order valence-corrected chi connectivity index (χ2v) is 0.408. The monoisotopic (exact) mass is 71.0 g/mol. The van der Waals surface area contributed by atoms with E-state index >= 15 is 0 Å². The van der Waals surface area contributed by atoms with Crippen molar-refractivity contribution in [1.82, 2.24) is 0 Å². The standard InChI is InChI=1S/C3H3O2/c1-5-3-2-4/h1H3. The molecule has 0 atom stereocenters. The van der Waals surface area contributed by atoms with Crippen LogP contribution in [-0.4, -0.2) is 13.1 Å². The van der Waals surface area contributed by atoms with Gasteiger partial charge in [-0.1, -0.05) is 0 Å². The van der Waals surface area contributed by atoms with Crippen LogP contribution < -0.4 is 0 Å². The van der Waals surface area contributed by atoms with Gasteiger partial charge in [-0.05, 0) is 0 Å². The summed E-state index contributed by atoms with van der Waals surface area (Å²) < 4.78 is 4.02. The van der Waals surface area contributed by atoms with Gasteiger partial charge in [-0.25, -0.2) is 4.79 Å². The van der Waals surface area contributed by atoms with Gasteiger partial charge in [0.2, 0.25) is 0 Å². The fourth-order valence-electron chi connectivity index (χ4n) is 0.0417. The normalized spacial score (nSPS) is 5.00. The van der Waals surface area contributed by atoms with Crippen LogP contribution in [0, 0.1) is 6.26 Å². The highest BCUT2D eigenvalue weighted by molar-refractivity contribution is 5.38. The lowest BCUT2D eigenvalue weighted by Gasteiger charge is -1.68. The van der Waals surface area contributed by atoms with Crippen molar-refractivity contribution < 1.29 is 9.53 Å². The number of hydrogen-bond acceptors (Lipinski definition) is 2. The first-order valence-corrected chi connectivity index (χ1v) is 1.07. The predicted molar refractivity (Wildman–Crippen MR) is 15.9 cm³/mol. The molecule has 0 N–H and O–H groups in total. The average molecular weight is 71.1 g/mol. The van der Waals surface area contributed by atoms with Crippen molar-refractivity contribution in [2.24, 2.45) is 0 Å². The molecule has 0 saturated carbocycles. The molecule has 1 radical (unpaired) electrons. The average Bonchev–Trinajstić information content (AvgIpc) is 1.41. The topological polar surface area (TPSA) is 26.3 Å². The fraction of sp³-hybridized carbons (Fsp3) is 0.333. The molecule has 0 aromatic heterocycles. The third-order valence-corrected chi connectivity index (χ3v) is 0.144. The minimum Gasteiger partial charge on any atom is -0.483 e. The Bertz CT molecular complexity index is 51.9. The molecule has 0 aromatic rings. The van der Waals surface area contributed by atoms with Crippen molar-refractivity contribution in [3.63, 3.8) is 0 Å². The van der Waals surface area contributed by atoms with E-state index in [4.69, 9.17) is 4.79 Å². The Morgan fingerprint density at radius 3 is 2.40 bits per heavy atom. The summed E-state index contributed by atoms with van der Waals surface area (Å²) in [6.07, 6.45) is 1.81. The van der Waals surface area contributed by atoms with Gasteiger partial charge >= 0.3 is 0 Å². The minimum absolute atomic E-state index is 1.30. The zero-order chi connectivity index (χ0) is 4.12. The third-order valence-electron chi connectivity index (χ3n) is 0.144. The molecule has 0 aliphatic carbocycles. The number of rotatable bonds is 1. The van der Waals surface area contributed by atoms with Crippen molar-refractivity contribution in [2.75, 3.05) is 7.11 Å². The lowest BCUT2D eigenvalue weighted by atomic mass is 11.1. The number of carbonyl (C=O) groups excluding carboxylic acids is 1. The van der Waals surface area contributed by atoms with E-state index in [1.165, 1.54) is 13.1 Å². The van der Waals surface area contributed by atoms with E-state index < -0.39 is 0 Å². The van der Waals surface area contributed by atoms with Crippen molar-refractivity contribution in [3.05, 3.63) is 6.26 Å². The van der Waals surface area contributed by atoms with Crippen LogP contribution in [0.4, 0.5) is 0 Å². The molecule has 0 spiro atoms. The predicted octanol–water partition coefficient (Wildman–Crippen LogP) is -0.219. The van der Waals surface area contributed by atoms with Crippen LogP contribution in [0.1, 0.15) is 0 Å². The first kappa shape index (κ1) is 4.25. The quantitative estimate of drug-likeness (QED) is 0.315. The lowest BCUT2D eigenvalue weighted by molar-refractivity contribution is 0.315. The van der Waals surface area contributed by atoms with Crippen LogP contribution in [-0.2, 0) is 9.53 Å². The highest BCUT2D eigenvalue weighted by Gasteiger charge is 1.51. The van der Waals surface area contributed by atoms with Gasteiger partial charge in [0, 0.05) is 0 Å². The smallest absolute Gasteiger partial charge is 0.258 e. The van der Waals surface area contributed by atoms with Crippen LogP contribution in [0.25, 0.3) is 0 Å². The van der Waals surface area contributed by atoms with E-state index in [0.29, 0.717) is 0 Å². The number of hydrogen-bond donors (Lipinski definition) is 0. The Morgan fingerprint density at radius 1 is 1.80 bits per heavy atom. The van der Waals surface area contributed by atoms with E-state index in [1.54, 1.807) is 6.26 Å². The van der Waals surface area contributed by atoms with E-state index in [1.807, 2.05) is 0 Å². The van der Waals surface area contributed by atoms with Crippen molar-refractivity contribution >= 4 is 5.94 Å². The molecule has 2 nitrogen and oxygen atoms in total. The maximum absolute atomic E-state index is 9.04. The van der Waals surface area contributed by atoms with Crippen molar-refractivity contribution in [3.8, 4) is 0 Å². The van der Waals surface area contributed by atoms with E-state index in [9.17, 15) is 0 Å². The van der Waals surface area contributed by atoms with Gasteiger partial charge in [0.25, 0.3) is 6.26 Å². The molecule has 0 aliphatic heterocycles. The molecule has 0 aliphatic rings. The second kappa shape index (κ2) is 3.25. The van der Waals surface area contributed by atoms with Crippen molar-refractivity contribution in [1.29, 1.82) is 0 Å². The molecule has 2 heteroatoms. The summed E-state index contributed by atoms with van der Waals surface area (Å²) >= 11 is 0. The Balaban J connectivity index is 2.93. The molecule has 0 heterocycles. The summed E-state index contributed by atoms with van der Waals surface area (Å²) in [5.74, 6) is 1.30. The maximum Gasteiger partial charge on any atom is 0.258 e. The maximum atomic E-state index is 9.04. The van der Waals surface area contributed by atoms with Gasteiger partial charge in [-0.15, -0.1) is 0 Å². The van der Waals surface area contributed by atoms with E-state index in [0.717, 1.165) is 0 Å². The zero-order valence-corrected chi connectivity index (χ0v) is 2.82. The molecule has 0 bridgehead atoms. The van der Waals surface area contributed by atoms with Gasteiger partial charge in [-0.3, -0.25) is 0 Å². The minimum atomic E-state index is 1.30. The molecular weight excluding hydrogens is 68.0 g/mol. The molecule has 5 heavy (non-hydrogen) atoms. The summed E-state index contributed by atoms with van der Waals surface area (Å²) in [6, 6.07) is 0. The van der Waals surface area contributed by atoms with Gasteiger partial charge in [0.05, 0.1) is 7.11 Å². The van der Waals surface area contributed by atoms with Gasteiger partial charge in [0.1, 0.15) is 0 Å². The van der Waals surface area contributed by atoms with Crippen LogP contribution in [0.2, 0.25) is 0 Å². The highest BCUT2D eigenvalue weighted by atomic mass is 16.5. The Kier molecular flexibility index (Phi) is 2.76. The molecule has 27 valence electrons. The molecule has 0 rings (SSSR count). The molecule has 0 saturated heterocycles. The molecule has 0 aromatic carbocycles. The molecular formula is C3H3O2. The first-order chi connectivity index (χ1) is 2.41. The molecule has 0 unspecified atom stereocenters. The number of methoxy groups -OCH3 is 1. The summed E-state index contributed by atoms with van der Waals surface area (Å²) in [5.41, 5.74) is 0. The summed E-state index contributed by atoms with van der Waals surface area (Å²) in [4.78, 5) is 9.04.